The van der Waals surface area contributed by atoms with Crippen molar-refractivity contribution in [1.29, 1.82) is 0 Å². The molecule has 0 bridgehead atoms. The number of nitrogens with zero attached hydrogens (tertiary/aromatic N) is 3. The molecular weight excluding hydrogens is 356 g/mol. The van der Waals surface area contributed by atoms with Crippen LogP contribution < -0.4 is 5.73 Å². The molecule has 1 atom stereocenters. The number of benzene rings is 1. The molecule has 0 fully saturated rings. The molecule has 28 heavy (non-hydrogen) atoms. The van der Waals surface area contributed by atoms with Crippen LogP contribution in [0.5, 0.6) is 0 Å². The molecule has 2 aromatic heterocycles. The van der Waals surface area contributed by atoms with Crippen molar-refractivity contribution in [2.45, 2.75) is 12.8 Å². The molecular formula is C21H20N4O3. The number of primary amides is 1. The summed E-state index contributed by atoms with van der Waals surface area (Å²) in [6, 6.07) is 13.6. The molecule has 142 valence electrons. The molecule has 0 radical (unpaired) electrons. The van der Waals surface area contributed by atoms with Crippen LogP contribution >= 0.6 is 0 Å². The van der Waals surface area contributed by atoms with Crippen molar-refractivity contribution < 1.29 is 14.3 Å². The van der Waals surface area contributed by atoms with Crippen LogP contribution in [0.2, 0.25) is 0 Å². The van der Waals surface area contributed by atoms with Crippen molar-refractivity contribution >= 4 is 11.8 Å². The quantitative estimate of drug-likeness (QED) is 0.639. The number of amides is 2. The highest BCUT2D eigenvalue weighted by atomic mass is 16.5. The molecule has 0 aliphatic carbocycles. The summed E-state index contributed by atoms with van der Waals surface area (Å²) in [6.45, 7) is 0.265. The van der Waals surface area contributed by atoms with Gasteiger partial charge in [0.15, 0.2) is 6.23 Å². The van der Waals surface area contributed by atoms with E-state index in [-0.39, 0.29) is 18.0 Å². The Balaban J connectivity index is 2.01. The van der Waals surface area contributed by atoms with Crippen molar-refractivity contribution in [2.24, 2.45) is 5.73 Å². The number of rotatable bonds is 7. The largest absolute Gasteiger partial charge is 0.366 e. The minimum absolute atomic E-state index is 0.265. The maximum Gasteiger partial charge on any atom is 0.256 e. The SMILES string of the molecule is COC(c1cccnc1)N(Cc1cccnc1)C(=O)c1cccc(C(N)=O)c1. The first-order chi connectivity index (χ1) is 13.6. The van der Waals surface area contributed by atoms with Gasteiger partial charge >= 0.3 is 0 Å². The van der Waals surface area contributed by atoms with Gasteiger partial charge < -0.3 is 15.4 Å². The Labute approximate surface area is 162 Å². The monoisotopic (exact) mass is 376 g/mol. The van der Waals surface area contributed by atoms with Gasteiger partial charge in [-0.05, 0) is 35.9 Å². The number of carbonyl (C=O) groups is 2. The Morgan fingerprint density at radius 2 is 1.75 bits per heavy atom. The van der Waals surface area contributed by atoms with Crippen LogP contribution in [0.15, 0.2) is 73.3 Å². The van der Waals surface area contributed by atoms with Gasteiger partial charge in [0.1, 0.15) is 0 Å². The van der Waals surface area contributed by atoms with Gasteiger partial charge in [-0.3, -0.25) is 19.6 Å². The topological polar surface area (TPSA) is 98.4 Å². The Kier molecular flexibility index (Phi) is 6.08. The molecule has 0 aliphatic rings. The van der Waals surface area contributed by atoms with Crippen LogP contribution in [0.1, 0.15) is 38.1 Å². The number of methoxy groups -OCH3 is 1. The fourth-order valence-electron chi connectivity index (χ4n) is 2.89. The maximum absolute atomic E-state index is 13.4. The zero-order valence-electron chi connectivity index (χ0n) is 15.4. The molecule has 3 rings (SSSR count). The minimum atomic E-state index is -0.668. The average Bonchev–Trinajstić information content (AvgIpc) is 2.74. The molecule has 0 saturated carbocycles. The van der Waals surface area contributed by atoms with Crippen LogP contribution in [-0.4, -0.2) is 33.8 Å². The van der Waals surface area contributed by atoms with E-state index in [9.17, 15) is 9.59 Å². The first-order valence-corrected chi connectivity index (χ1v) is 8.62. The Morgan fingerprint density at radius 3 is 2.36 bits per heavy atom. The number of aromatic nitrogens is 2. The number of pyridine rings is 2. The van der Waals surface area contributed by atoms with E-state index in [0.717, 1.165) is 11.1 Å². The predicted molar refractivity (Wildman–Crippen MR) is 103 cm³/mol. The summed E-state index contributed by atoms with van der Waals surface area (Å²) >= 11 is 0. The van der Waals surface area contributed by atoms with E-state index in [2.05, 4.69) is 9.97 Å². The van der Waals surface area contributed by atoms with E-state index in [1.54, 1.807) is 60.0 Å². The third-order valence-corrected chi connectivity index (χ3v) is 4.21. The lowest BCUT2D eigenvalue weighted by Crippen LogP contribution is -2.35. The third kappa shape index (κ3) is 4.39. The standard InChI is InChI=1S/C21H20N4O3/c1-28-21(18-8-4-10-24-13-18)25(14-15-5-3-9-23-12-15)20(27)17-7-2-6-16(11-17)19(22)26/h2-13,21H,14H2,1H3,(H2,22,26). The van der Waals surface area contributed by atoms with Gasteiger partial charge in [0, 0.05) is 48.6 Å². The van der Waals surface area contributed by atoms with Gasteiger partial charge in [-0.15, -0.1) is 0 Å². The molecule has 0 aliphatic heterocycles. The molecule has 0 spiro atoms. The second-order valence-electron chi connectivity index (χ2n) is 6.11. The Hall–Kier alpha value is -3.58. The lowest BCUT2D eigenvalue weighted by molar-refractivity contribution is -0.0268. The summed E-state index contributed by atoms with van der Waals surface area (Å²) in [5.41, 5.74) is 7.53. The van der Waals surface area contributed by atoms with E-state index in [1.165, 1.54) is 13.2 Å². The van der Waals surface area contributed by atoms with Crippen LogP contribution in [-0.2, 0) is 11.3 Å². The summed E-state index contributed by atoms with van der Waals surface area (Å²) in [5.74, 6) is -0.897. The highest BCUT2D eigenvalue weighted by Gasteiger charge is 2.27. The van der Waals surface area contributed by atoms with Gasteiger partial charge in [0.05, 0.1) is 6.54 Å². The maximum atomic E-state index is 13.4. The highest BCUT2D eigenvalue weighted by Crippen LogP contribution is 2.25. The van der Waals surface area contributed by atoms with E-state index in [1.807, 2.05) is 12.1 Å². The lowest BCUT2D eigenvalue weighted by Gasteiger charge is -2.31. The summed E-state index contributed by atoms with van der Waals surface area (Å²) in [5, 5.41) is 0. The number of ether oxygens (including phenoxy) is 1. The summed E-state index contributed by atoms with van der Waals surface area (Å²) in [6.07, 6.45) is 5.99. The first-order valence-electron chi connectivity index (χ1n) is 8.62. The second-order valence-corrected chi connectivity index (χ2v) is 6.11. The number of nitrogens with two attached hydrogens (primary N) is 1. The fraction of sp³-hybridized carbons (Fsp3) is 0.143. The van der Waals surface area contributed by atoms with Crippen LogP contribution in [0.4, 0.5) is 0 Å². The smallest absolute Gasteiger partial charge is 0.256 e. The summed E-state index contributed by atoms with van der Waals surface area (Å²) in [4.78, 5) is 34.7. The third-order valence-electron chi connectivity index (χ3n) is 4.21. The van der Waals surface area contributed by atoms with E-state index in [0.29, 0.717) is 5.56 Å². The van der Waals surface area contributed by atoms with E-state index in [4.69, 9.17) is 10.5 Å². The predicted octanol–water partition coefficient (Wildman–Crippen LogP) is 2.56. The van der Waals surface area contributed by atoms with Crippen molar-refractivity contribution in [3.05, 3.63) is 95.6 Å². The number of hydrogen-bond donors (Lipinski definition) is 1. The van der Waals surface area contributed by atoms with Crippen LogP contribution in [0.25, 0.3) is 0 Å². The van der Waals surface area contributed by atoms with Crippen molar-refractivity contribution in [3.8, 4) is 0 Å². The van der Waals surface area contributed by atoms with E-state index < -0.39 is 12.1 Å². The zero-order chi connectivity index (χ0) is 19.9. The number of carbonyl (C=O) groups excluding carboxylic acids is 2. The molecule has 1 unspecified atom stereocenters. The second kappa shape index (κ2) is 8.88. The minimum Gasteiger partial charge on any atom is -0.366 e. The lowest BCUT2D eigenvalue weighted by atomic mass is 10.1. The van der Waals surface area contributed by atoms with Crippen molar-refractivity contribution in [3.63, 3.8) is 0 Å². The van der Waals surface area contributed by atoms with Crippen LogP contribution in [0.3, 0.4) is 0 Å². The van der Waals surface area contributed by atoms with Gasteiger partial charge in [-0.1, -0.05) is 18.2 Å². The fourth-order valence-corrected chi connectivity index (χ4v) is 2.89. The first kappa shape index (κ1) is 19.2. The van der Waals surface area contributed by atoms with Crippen molar-refractivity contribution in [1.82, 2.24) is 14.9 Å². The molecule has 1 aromatic carbocycles. The molecule has 2 heterocycles. The summed E-state index contributed by atoms with van der Waals surface area (Å²) < 4.78 is 5.64. The van der Waals surface area contributed by atoms with Crippen LogP contribution in [0, 0.1) is 0 Å². The highest BCUT2D eigenvalue weighted by molar-refractivity contribution is 5.99. The van der Waals surface area contributed by atoms with Gasteiger partial charge in [0.25, 0.3) is 5.91 Å². The Bertz CT molecular complexity index is 948. The molecule has 0 saturated heterocycles. The molecule has 7 heteroatoms. The zero-order valence-corrected chi connectivity index (χ0v) is 15.4. The van der Waals surface area contributed by atoms with Gasteiger partial charge in [0.2, 0.25) is 5.91 Å². The van der Waals surface area contributed by atoms with Gasteiger partial charge in [-0.2, -0.15) is 0 Å². The average molecular weight is 376 g/mol. The summed E-state index contributed by atoms with van der Waals surface area (Å²) in [7, 11) is 1.53. The normalized spacial score (nSPS) is 11.6. The molecule has 2 amide bonds. The molecule has 7 nitrogen and oxygen atoms in total. The van der Waals surface area contributed by atoms with E-state index >= 15 is 0 Å². The molecule has 2 N–H and O–H groups in total. The Morgan fingerprint density at radius 1 is 1.04 bits per heavy atom. The van der Waals surface area contributed by atoms with Gasteiger partial charge in [-0.25, -0.2) is 0 Å². The molecule has 3 aromatic rings. The van der Waals surface area contributed by atoms with Crippen molar-refractivity contribution in [2.75, 3.05) is 7.11 Å². The number of hydrogen-bond acceptors (Lipinski definition) is 5.